The van der Waals surface area contributed by atoms with Crippen LogP contribution in [-0.2, 0) is 6.54 Å². The molecule has 0 bridgehead atoms. The maximum absolute atomic E-state index is 6.01. The Morgan fingerprint density at radius 1 is 1.53 bits per heavy atom. The molecule has 1 aromatic carbocycles. The summed E-state index contributed by atoms with van der Waals surface area (Å²) < 4.78 is 3.13. The molecule has 1 unspecified atom stereocenters. The maximum atomic E-state index is 6.01. The van der Waals surface area contributed by atoms with Crippen LogP contribution < -0.4 is 11.1 Å². The number of nitrogen functional groups attached to an aromatic ring is 1. The molecule has 90 valence electrons. The third-order valence-corrected chi connectivity index (χ3v) is 4.00. The minimum atomic E-state index is 0.610. The molecule has 1 atom stereocenters. The van der Waals surface area contributed by atoms with Gasteiger partial charge in [0.2, 0.25) is 5.95 Å². The molecule has 0 amide bonds. The summed E-state index contributed by atoms with van der Waals surface area (Å²) in [6, 6.07) is 6.10. The maximum Gasteiger partial charge on any atom is 0.201 e. The summed E-state index contributed by atoms with van der Waals surface area (Å²) in [4.78, 5) is 4.43. The summed E-state index contributed by atoms with van der Waals surface area (Å²) in [6.45, 7) is 3.14. The number of benzene rings is 1. The number of anilines is 1. The Balaban J connectivity index is 2.02. The van der Waals surface area contributed by atoms with Gasteiger partial charge in [0.25, 0.3) is 0 Å². The number of hydrogen-bond donors (Lipinski definition) is 2. The predicted octanol–water partition coefficient (Wildman–Crippen LogP) is 1.99. The number of nitrogens with two attached hydrogens (primary N) is 1. The molecular weight excluding hydrogens is 280 g/mol. The predicted molar refractivity (Wildman–Crippen MR) is 72.8 cm³/mol. The molecular formula is C12H15BrN4. The van der Waals surface area contributed by atoms with E-state index in [2.05, 4.69) is 36.9 Å². The van der Waals surface area contributed by atoms with Crippen molar-refractivity contribution in [3.63, 3.8) is 0 Å². The van der Waals surface area contributed by atoms with E-state index in [-0.39, 0.29) is 0 Å². The highest BCUT2D eigenvalue weighted by molar-refractivity contribution is 9.10. The average Bonchev–Trinajstić information content (AvgIpc) is 2.91. The van der Waals surface area contributed by atoms with Crippen molar-refractivity contribution >= 4 is 32.9 Å². The first kappa shape index (κ1) is 11.0. The first-order valence-corrected chi connectivity index (χ1v) is 6.66. The van der Waals surface area contributed by atoms with Crippen molar-refractivity contribution in [3.8, 4) is 0 Å². The molecule has 3 N–H and O–H groups in total. The third kappa shape index (κ3) is 1.93. The van der Waals surface area contributed by atoms with Crippen LogP contribution in [0.2, 0.25) is 0 Å². The van der Waals surface area contributed by atoms with Gasteiger partial charge in [0, 0.05) is 11.0 Å². The number of aromatic nitrogens is 2. The lowest BCUT2D eigenvalue weighted by Gasteiger charge is -2.11. The van der Waals surface area contributed by atoms with E-state index in [4.69, 9.17) is 5.73 Å². The van der Waals surface area contributed by atoms with E-state index < -0.39 is 0 Å². The van der Waals surface area contributed by atoms with Gasteiger partial charge in [-0.3, -0.25) is 0 Å². The molecule has 1 fully saturated rings. The second kappa shape index (κ2) is 4.31. The number of nitrogens with zero attached hydrogens (tertiary/aromatic N) is 2. The van der Waals surface area contributed by atoms with Crippen molar-refractivity contribution in [2.24, 2.45) is 5.92 Å². The van der Waals surface area contributed by atoms with Gasteiger partial charge in [0.05, 0.1) is 5.52 Å². The molecule has 0 spiro atoms. The van der Waals surface area contributed by atoms with Crippen molar-refractivity contribution in [2.45, 2.75) is 13.0 Å². The fraction of sp³-hybridized carbons (Fsp3) is 0.417. The lowest BCUT2D eigenvalue weighted by Crippen LogP contribution is -2.15. The number of imidazole rings is 1. The molecule has 5 heteroatoms. The molecule has 17 heavy (non-hydrogen) atoms. The standard InChI is InChI=1S/C12H15BrN4/c13-9-2-1-3-10-11(9)16-12(14)17(10)7-8-4-5-15-6-8/h1-3,8,15H,4-7H2,(H2,14,16). The van der Waals surface area contributed by atoms with E-state index in [1.807, 2.05) is 12.1 Å². The summed E-state index contributed by atoms with van der Waals surface area (Å²) in [5, 5.41) is 3.38. The number of halogens is 1. The number of hydrogen-bond acceptors (Lipinski definition) is 3. The van der Waals surface area contributed by atoms with Crippen LogP contribution in [0, 0.1) is 5.92 Å². The van der Waals surface area contributed by atoms with Gasteiger partial charge in [0.15, 0.2) is 0 Å². The van der Waals surface area contributed by atoms with E-state index >= 15 is 0 Å². The summed E-state index contributed by atoms with van der Waals surface area (Å²) in [5.74, 6) is 1.27. The van der Waals surface area contributed by atoms with Crippen LogP contribution in [0.4, 0.5) is 5.95 Å². The van der Waals surface area contributed by atoms with E-state index in [9.17, 15) is 0 Å². The number of rotatable bonds is 2. The molecule has 0 saturated carbocycles. The fourth-order valence-electron chi connectivity index (χ4n) is 2.45. The number of nitrogens with one attached hydrogen (secondary N) is 1. The summed E-state index contributed by atoms with van der Waals surface area (Å²) >= 11 is 3.51. The van der Waals surface area contributed by atoms with Crippen molar-refractivity contribution in [1.29, 1.82) is 0 Å². The monoisotopic (exact) mass is 294 g/mol. The van der Waals surface area contributed by atoms with Gasteiger partial charge >= 0.3 is 0 Å². The Hall–Kier alpha value is -1.07. The zero-order chi connectivity index (χ0) is 11.8. The lowest BCUT2D eigenvalue weighted by molar-refractivity contribution is 0.493. The molecule has 2 heterocycles. The van der Waals surface area contributed by atoms with E-state index in [1.54, 1.807) is 0 Å². The second-order valence-corrected chi connectivity index (χ2v) is 5.40. The number of para-hydroxylation sites is 1. The van der Waals surface area contributed by atoms with Crippen molar-refractivity contribution in [3.05, 3.63) is 22.7 Å². The smallest absolute Gasteiger partial charge is 0.201 e. The largest absolute Gasteiger partial charge is 0.369 e. The molecule has 1 aliphatic heterocycles. The Kier molecular flexibility index (Phi) is 2.80. The molecule has 1 saturated heterocycles. The highest BCUT2D eigenvalue weighted by Gasteiger charge is 2.18. The van der Waals surface area contributed by atoms with Crippen molar-refractivity contribution in [2.75, 3.05) is 18.8 Å². The van der Waals surface area contributed by atoms with Crippen LogP contribution in [0.15, 0.2) is 22.7 Å². The summed E-state index contributed by atoms with van der Waals surface area (Å²) in [5.41, 5.74) is 8.08. The van der Waals surface area contributed by atoms with Crippen LogP contribution in [0.3, 0.4) is 0 Å². The quantitative estimate of drug-likeness (QED) is 0.891. The second-order valence-electron chi connectivity index (χ2n) is 4.55. The van der Waals surface area contributed by atoms with Gasteiger partial charge in [-0.05, 0) is 53.5 Å². The SMILES string of the molecule is Nc1nc2c(Br)cccc2n1CC1CCNC1. The first-order valence-electron chi connectivity index (χ1n) is 5.86. The van der Waals surface area contributed by atoms with Crippen LogP contribution >= 0.6 is 15.9 Å². The Bertz CT molecular complexity index is 543. The van der Waals surface area contributed by atoms with E-state index in [0.717, 1.165) is 35.1 Å². The van der Waals surface area contributed by atoms with E-state index in [1.165, 1.54) is 6.42 Å². The van der Waals surface area contributed by atoms with Gasteiger partial charge in [-0.1, -0.05) is 6.07 Å². The van der Waals surface area contributed by atoms with Gasteiger partial charge < -0.3 is 15.6 Å². The topological polar surface area (TPSA) is 55.9 Å². The summed E-state index contributed by atoms with van der Waals surface area (Å²) in [7, 11) is 0. The molecule has 4 nitrogen and oxygen atoms in total. The van der Waals surface area contributed by atoms with Crippen LogP contribution in [0.25, 0.3) is 11.0 Å². The fourth-order valence-corrected chi connectivity index (χ4v) is 2.90. The molecule has 3 rings (SSSR count). The van der Waals surface area contributed by atoms with E-state index in [0.29, 0.717) is 11.9 Å². The highest BCUT2D eigenvalue weighted by Crippen LogP contribution is 2.26. The summed E-state index contributed by atoms with van der Waals surface area (Å²) in [6.07, 6.45) is 1.22. The van der Waals surface area contributed by atoms with Crippen LogP contribution in [0.1, 0.15) is 6.42 Å². The first-order chi connectivity index (χ1) is 8.25. The Morgan fingerprint density at radius 3 is 3.18 bits per heavy atom. The van der Waals surface area contributed by atoms with Gasteiger partial charge in [-0.15, -0.1) is 0 Å². The van der Waals surface area contributed by atoms with Gasteiger partial charge in [-0.2, -0.15) is 0 Å². The molecule has 1 aliphatic rings. The molecule has 1 aromatic heterocycles. The minimum absolute atomic E-state index is 0.610. The average molecular weight is 295 g/mol. The number of fused-ring (bicyclic) bond motifs is 1. The van der Waals surface area contributed by atoms with Crippen molar-refractivity contribution < 1.29 is 0 Å². The zero-order valence-corrected chi connectivity index (χ0v) is 11.1. The normalized spacial score (nSPS) is 20.2. The zero-order valence-electron chi connectivity index (χ0n) is 9.49. The Labute approximate surface area is 108 Å². The minimum Gasteiger partial charge on any atom is -0.369 e. The molecule has 0 aliphatic carbocycles. The van der Waals surface area contributed by atoms with Crippen molar-refractivity contribution in [1.82, 2.24) is 14.9 Å². The van der Waals surface area contributed by atoms with Crippen LogP contribution in [-0.4, -0.2) is 22.6 Å². The Morgan fingerprint density at radius 2 is 2.41 bits per heavy atom. The molecule has 2 aromatic rings. The lowest BCUT2D eigenvalue weighted by atomic mass is 10.1. The van der Waals surface area contributed by atoms with Gasteiger partial charge in [0.1, 0.15) is 5.52 Å². The highest BCUT2D eigenvalue weighted by atomic mass is 79.9. The van der Waals surface area contributed by atoms with Crippen LogP contribution in [0.5, 0.6) is 0 Å². The van der Waals surface area contributed by atoms with Gasteiger partial charge in [-0.25, -0.2) is 4.98 Å². The molecule has 0 radical (unpaired) electrons. The third-order valence-electron chi connectivity index (χ3n) is 3.36.